The molecule has 0 spiro atoms. The van der Waals surface area contributed by atoms with Gasteiger partial charge in [-0.25, -0.2) is 4.79 Å². The first-order chi connectivity index (χ1) is 9.90. The van der Waals surface area contributed by atoms with Crippen molar-refractivity contribution in [1.82, 2.24) is 0 Å². The van der Waals surface area contributed by atoms with Gasteiger partial charge in [0.15, 0.2) is 0 Å². The summed E-state index contributed by atoms with van der Waals surface area (Å²) in [6.45, 7) is 6.46. The largest absolute Gasteiger partial charge is 0.425 e. The zero-order valence-electron chi connectivity index (χ0n) is 13.7. The van der Waals surface area contributed by atoms with Crippen LogP contribution in [-0.2, 0) is 19.0 Å². The molecule has 0 aromatic carbocycles. The summed E-state index contributed by atoms with van der Waals surface area (Å²) in [6.07, 6.45) is 4.23. The Kier molecular flexibility index (Phi) is 3.45. The maximum absolute atomic E-state index is 12.1. The van der Waals surface area contributed by atoms with E-state index in [4.69, 9.17) is 14.2 Å². The van der Waals surface area contributed by atoms with E-state index in [0.717, 1.165) is 18.4 Å². The molecule has 118 valence electrons. The Morgan fingerprint density at radius 2 is 2.00 bits per heavy atom. The maximum Gasteiger partial charge on any atom is 0.336 e. The van der Waals surface area contributed by atoms with Gasteiger partial charge >= 0.3 is 5.97 Å². The molecule has 4 heteroatoms. The molecule has 0 bridgehead atoms. The van der Waals surface area contributed by atoms with Crippen LogP contribution in [0, 0.1) is 17.3 Å². The fourth-order valence-electron chi connectivity index (χ4n) is 4.96. The zero-order valence-corrected chi connectivity index (χ0v) is 13.7. The normalized spacial score (nSPS) is 46.1. The topological polar surface area (TPSA) is 44.8 Å². The van der Waals surface area contributed by atoms with E-state index in [-0.39, 0.29) is 17.5 Å². The van der Waals surface area contributed by atoms with Crippen LogP contribution < -0.4 is 0 Å². The van der Waals surface area contributed by atoms with Crippen LogP contribution in [0.1, 0.15) is 46.5 Å². The van der Waals surface area contributed by atoms with Crippen LogP contribution in [0.2, 0.25) is 0 Å². The molecule has 1 unspecified atom stereocenters. The third-order valence-electron chi connectivity index (χ3n) is 6.42. The number of carbonyl (C=O) groups is 1. The molecule has 2 saturated carbocycles. The highest BCUT2D eigenvalue weighted by Gasteiger charge is 2.63. The fourth-order valence-corrected chi connectivity index (χ4v) is 4.96. The summed E-state index contributed by atoms with van der Waals surface area (Å²) in [4.78, 5) is 12.1. The van der Waals surface area contributed by atoms with Crippen molar-refractivity contribution in [3.8, 4) is 0 Å². The van der Waals surface area contributed by atoms with Crippen LogP contribution in [0.15, 0.2) is 11.1 Å². The molecule has 0 amide bonds. The van der Waals surface area contributed by atoms with Gasteiger partial charge in [-0.1, -0.05) is 26.7 Å². The predicted molar refractivity (Wildman–Crippen MR) is 78.6 cm³/mol. The van der Waals surface area contributed by atoms with E-state index in [1.165, 1.54) is 12.8 Å². The van der Waals surface area contributed by atoms with Crippen LogP contribution in [-0.4, -0.2) is 32.1 Å². The van der Waals surface area contributed by atoms with Gasteiger partial charge in [0, 0.05) is 37.2 Å². The van der Waals surface area contributed by atoms with Gasteiger partial charge in [0.1, 0.15) is 0 Å². The van der Waals surface area contributed by atoms with E-state index in [2.05, 4.69) is 13.8 Å². The van der Waals surface area contributed by atoms with Crippen molar-refractivity contribution < 1.29 is 19.0 Å². The lowest BCUT2D eigenvalue weighted by atomic mass is 9.52. The first-order valence-corrected chi connectivity index (χ1v) is 7.93. The molecule has 0 radical (unpaired) electrons. The molecular formula is C17H26O4. The summed E-state index contributed by atoms with van der Waals surface area (Å²) in [5.74, 6) is -0.146. The van der Waals surface area contributed by atoms with Crippen molar-refractivity contribution in [2.45, 2.75) is 58.3 Å². The highest BCUT2D eigenvalue weighted by Crippen LogP contribution is 2.60. The quantitative estimate of drug-likeness (QED) is 0.734. The first-order valence-electron chi connectivity index (χ1n) is 7.93. The Hall–Kier alpha value is -0.870. The smallest absolute Gasteiger partial charge is 0.336 e. The molecule has 1 heterocycles. The summed E-state index contributed by atoms with van der Waals surface area (Å²) in [6, 6.07) is 0. The highest BCUT2D eigenvalue weighted by molar-refractivity contribution is 5.92. The van der Waals surface area contributed by atoms with Gasteiger partial charge in [-0.05, 0) is 25.2 Å². The van der Waals surface area contributed by atoms with Crippen LogP contribution in [0.25, 0.3) is 0 Å². The molecule has 21 heavy (non-hydrogen) atoms. The van der Waals surface area contributed by atoms with Gasteiger partial charge in [0.2, 0.25) is 5.79 Å². The molecular weight excluding hydrogens is 268 g/mol. The van der Waals surface area contributed by atoms with Crippen molar-refractivity contribution in [2.24, 2.45) is 17.3 Å². The second-order valence-electron chi connectivity index (χ2n) is 7.10. The summed E-state index contributed by atoms with van der Waals surface area (Å²) < 4.78 is 17.3. The fraction of sp³-hybridized carbons (Fsp3) is 0.824. The Morgan fingerprint density at radius 3 is 2.62 bits per heavy atom. The zero-order chi connectivity index (χ0) is 15.4. The van der Waals surface area contributed by atoms with E-state index >= 15 is 0 Å². The molecule has 2 aliphatic carbocycles. The summed E-state index contributed by atoms with van der Waals surface area (Å²) in [5.41, 5.74) is 1.63. The van der Waals surface area contributed by atoms with E-state index < -0.39 is 5.79 Å². The summed E-state index contributed by atoms with van der Waals surface area (Å²) in [7, 11) is 3.37. The molecule has 0 aromatic heterocycles. The summed E-state index contributed by atoms with van der Waals surface area (Å²) in [5, 5.41) is 0. The SMILES string of the molecule is CO[C@@H]1C2=C(C)C(=O)O[C@@]2(OC)CC2CCC[C@H](C)[C@]21C. The second-order valence-corrected chi connectivity index (χ2v) is 7.10. The average molecular weight is 294 g/mol. The lowest BCUT2D eigenvalue weighted by Gasteiger charge is -2.57. The second kappa shape index (κ2) is 4.82. The Balaban J connectivity index is 2.15. The minimum atomic E-state index is -0.900. The number of fused-ring (bicyclic) bond motifs is 2. The van der Waals surface area contributed by atoms with Gasteiger partial charge in [-0.2, -0.15) is 0 Å². The summed E-state index contributed by atoms with van der Waals surface area (Å²) >= 11 is 0. The van der Waals surface area contributed by atoms with Crippen molar-refractivity contribution in [3.63, 3.8) is 0 Å². The van der Waals surface area contributed by atoms with Gasteiger partial charge in [0.05, 0.1) is 6.10 Å². The van der Waals surface area contributed by atoms with Gasteiger partial charge in [-0.15, -0.1) is 0 Å². The average Bonchev–Trinajstić information content (AvgIpc) is 2.71. The number of ether oxygens (including phenoxy) is 3. The lowest BCUT2D eigenvalue weighted by Crippen LogP contribution is -2.59. The predicted octanol–water partition coefficient (Wildman–Crippen LogP) is 3.06. The van der Waals surface area contributed by atoms with Crippen LogP contribution in [0.3, 0.4) is 0 Å². The minimum Gasteiger partial charge on any atom is -0.425 e. The standard InChI is InChI=1S/C17H26O4/c1-10-7-6-8-12-9-17(20-5)13(11(2)15(18)21-17)14(19-4)16(10,12)3/h10,12,14H,6-9H2,1-5H3/t10-,12?,14+,16+,17-/m0/s1. The number of esters is 1. The number of hydrogen-bond donors (Lipinski definition) is 0. The minimum absolute atomic E-state index is 0.0413. The monoisotopic (exact) mass is 294 g/mol. The first kappa shape index (κ1) is 15.0. The van der Waals surface area contributed by atoms with Gasteiger partial charge in [0.25, 0.3) is 0 Å². The highest BCUT2D eigenvalue weighted by atomic mass is 16.7. The van der Waals surface area contributed by atoms with Crippen LogP contribution >= 0.6 is 0 Å². The molecule has 3 aliphatic rings. The van der Waals surface area contributed by atoms with E-state index in [0.29, 0.717) is 17.4 Å². The van der Waals surface area contributed by atoms with E-state index in [1.54, 1.807) is 14.2 Å². The van der Waals surface area contributed by atoms with Crippen molar-refractivity contribution >= 4 is 5.97 Å². The van der Waals surface area contributed by atoms with Gasteiger partial charge < -0.3 is 14.2 Å². The Morgan fingerprint density at radius 1 is 1.29 bits per heavy atom. The molecule has 3 rings (SSSR count). The molecule has 1 aliphatic heterocycles. The number of rotatable bonds is 2. The Labute approximate surface area is 126 Å². The number of hydrogen-bond acceptors (Lipinski definition) is 4. The Bertz CT molecular complexity index is 497. The van der Waals surface area contributed by atoms with Crippen LogP contribution in [0.4, 0.5) is 0 Å². The van der Waals surface area contributed by atoms with Gasteiger partial charge in [-0.3, -0.25) is 0 Å². The third-order valence-corrected chi connectivity index (χ3v) is 6.42. The molecule has 0 saturated heterocycles. The molecule has 0 aromatic rings. The van der Waals surface area contributed by atoms with E-state index in [9.17, 15) is 4.79 Å². The third kappa shape index (κ3) is 1.78. The van der Waals surface area contributed by atoms with Crippen molar-refractivity contribution in [3.05, 3.63) is 11.1 Å². The lowest BCUT2D eigenvalue weighted by molar-refractivity contribution is -0.235. The number of carbonyl (C=O) groups excluding carboxylic acids is 1. The molecule has 4 nitrogen and oxygen atoms in total. The number of methoxy groups -OCH3 is 2. The van der Waals surface area contributed by atoms with Crippen molar-refractivity contribution in [2.75, 3.05) is 14.2 Å². The molecule has 0 N–H and O–H groups in total. The van der Waals surface area contributed by atoms with Crippen molar-refractivity contribution in [1.29, 1.82) is 0 Å². The molecule has 5 atom stereocenters. The van der Waals surface area contributed by atoms with Crippen LogP contribution in [0.5, 0.6) is 0 Å². The molecule has 2 fully saturated rings. The maximum atomic E-state index is 12.1. The van der Waals surface area contributed by atoms with E-state index in [1.807, 2.05) is 6.92 Å².